The molecule has 1 aliphatic heterocycles. The van der Waals surface area contributed by atoms with Gasteiger partial charge < -0.3 is 23.9 Å². The van der Waals surface area contributed by atoms with Gasteiger partial charge in [0, 0.05) is 55.9 Å². The van der Waals surface area contributed by atoms with Crippen LogP contribution in [0.1, 0.15) is 5.56 Å². The summed E-state index contributed by atoms with van der Waals surface area (Å²) in [5, 5.41) is 11.3. The zero-order chi connectivity index (χ0) is 21.8. The SMILES string of the molecule is COc1ccc(N2CCN(CC(O)COc3ccc4c(C)cc(=O)oc4c3)CC2)cc1. The van der Waals surface area contributed by atoms with E-state index in [1.807, 2.05) is 31.2 Å². The number of benzene rings is 2. The third kappa shape index (κ3) is 5.18. The molecule has 2 aromatic carbocycles. The molecule has 31 heavy (non-hydrogen) atoms. The van der Waals surface area contributed by atoms with E-state index in [2.05, 4.69) is 21.9 Å². The molecule has 1 N–H and O–H groups in total. The van der Waals surface area contributed by atoms with Crippen LogP contribution in [-0.4, -0.2) is 62.6 Å². The Labute approximate surface area is 181 Å². The van der Waals surface area contributed by atoms with Crippen LogP contribution < -0.4 is 20.0 Å². The van der Waals surface area contributed by atoms with Gasteiger partial charge in [0.15, 0.2) is 0 Å². The largest absolute Gasteiger partial charge is 0.497 e. The predicted octanol–water partition coefficient (Wildman–Crippen LogP) is 2.67. The molecular weight excluding hydrogens is 396 g/mol. The number of fused-ring (bicyclic) bond motifs is 1. The molecule has 1 saturated heterocycles. The number of nitrogens with zero attached hydrogens (tertiary/aromatic N) is 2. The van der Waals surface area contributed by atoms with Gasteiger partial charge in [0.05, 0.1) is 7.11 Å². The van der Waals surface area contributed by atoms with Crippen LogP contribution >= 0.6 is 0 Å². The molecule has 7 heteroatoms. The summed E-state index contributed by atoms with van der Waals surface area (Å²) in [6, 6.07) is 15.0. The van der Waals surface area contributed by atoms with Crippen LogP contribution in [0.3, 0.4) is 0 Å². The average molecular weight is 424 g/mol. The Morgan fingerprint density at radius 2 is 1.74 bits per heavy atom. The number of methoxy groups -OCH3 is 1. The molecule has 7 nitrogen and oxygen atoms in total. The second-order valence-corrected chi connectivity index (χ2v) is 7.86. The second-order valence-electron chi connectivity index (χ2n) is 7.86. The van der Waals surface area contributed by atoms with Gasteiger partial charge in [0.1, 0.15) is 29.8 Å². The zero-order valence-corrected chi connectivity index (χ0v) is 17.9. The minimum atomic E-state index is -0.604. The van der Waals surface area contributed by atoms with Crippen LogP contribution in [-0.2, 0) is 0 Å². The normalized spacial score (nSPS) is 15.8. The van der Waals surface area contributed by atoms with Gasteiger partial charge in [0.25, 0.3) is 0 Å². The van der Waals surface area contributed by atoms with Gasteiger partial charge in [-0.2, -0.15) is 0 Å². The fraction of sp³-hybridized carbons (Fsp3) is 0.375. The molecule has 4 rings (SSSR count). The molecule has 0 bridgehead atoms. The van der Waals surface area contributed by atoms with Gasteiger partial charge in [-0.25, -0.2) is 4.79 Å². The first-order valence-electron chi connectivity index (χ1n) is 10.5. The fourth-order valence-corrected chi connectivity index (χ4v) is 3.92. The number of aliphatic hydroxyl groups is 1. The van der Waals surface area contributed by atoms with E-state index in [0.29, 0.717) is 17.9 Å². The Bertz CT molecular complexity index is 1070. The second kappa shape index (κ2) is 9.41. The van der Waals surface area contributed by atoms with Crippen LogP contribution in [0.15, 0.2) is 57.7 Å². The van der Waals surface area contributed by atoms with Crippen molar-refractivity contribution in [2.75, 3.05) is 51.3 Å². The van der Waals surface area contributed by atoms with Crippen LogP contribution in [0.4, 0.5) is 5.69 Å². The highest BCUT2D eigenvalue weighted by molar-refractivity contribution is 5.81. The Morgan fingerprint density at radius 3 is 2.45 bits per heavy atom. The van der Waals surface area contributed by atoms with E-state index in [1.54, 1.807) is 13.2 Å². The summed E-state index contributed by atoms with van der Waals surface area (Å²) < 4.78 is 16.2. The molecule has 1 unspecified atom stereocenters. The first-order valence-corrected chi connectivity index (χ1v) is 10.5. The number of β-amino-alcohol motifs (C(OH)–C–C–N with tert-alkyl or cyclic N) is 1. The van der Waals surface area contributed by atoms with E-state index in [9.17, 15) is 9.90 Å². The van der Waals surface area contributed by atoms with Gasteiger partial charge in [-0.05, 0) is 48.9 Å². The number of hydrogen-bond acceptors (Lipinski definition) is 7. The summed E-state index contributed by atoms with van der Waals surface area (Å²) in [6.45, 7) is 6.18. The molecule has 0 amide bonds. The summed E-state index contributed by atoms with van der Waals surface area (Å²) in [6.07, 6.45) is -0.604. The van der Waals surface area contributed by atoms with Crippen molar-refractivity contribution in [3.63, 3.8) is 0 Å². The van der Waals surface area contributed by atoms with E-state index >= 15 is 0 Å². The molecule has 1 aliphatic rings. The highest BCUT2D eigenvalue weighted by Crippen LogP contribution is 2.23. The minimum Gasteiger partial charge on any atom is -0.497 e. The lowest BCUT2D eigenvalue weighted by Gasteiger charge is -2.36. The number of aliphatic hydroxyl groups excluding tert-OH is 1. The summed E-state index contributed by atoms with van der Waals surface area (Å²) in [5.74, 6) is 1.43. The Balaban J connectivity index is 1.26. The molecule has 1 atom stereocenters. The summed E-state index contributed by atoms with van der Waals surface area (Å²) >= 11 is 0. The van der Waals surface area contributed by atoms with E-state index < -0.39 is 6.10 Å². The maximum Gasteiger partial charge on any atom is 0.336 e. The molecule has 1 fully saturated rings. The number of piperazine rings is 1. The lowest BCUT2D eigenvalue weighted by atomic mass is 10.1. The van der Waals surface area contributed by atoms with Crippen molar-refractivity contribution >= 4 is 16.7 Å². The first-order chi connectivity index (χ1) is 15.0. The highest BCUT2D eigenvalue weighted by Gasteiger charge is 2.20. The lowest BCUT2D eigenvalue weighted by molar-refractivity contribution is 0.0663. The first kappa shape index (κ1) is 21.2. The van der Waals surface area contributed by atoms with Crippen molar-refractivity contribution in [3.8, 4) is 11.5 Å². The minimum absolute atomic E-state index is 0.181. The van der Waals surface area contributed by atoms with Crippen molar-refractivity contribution in [2.45, 2.75) is 13.0 Å². The van der Waals surface area contributed by atoms with Gasteiger partial charge in [-0.1, -0.05) is 0 Å². The Kier molecular flexibility index (Phi) is 6.44. The van der Waals surface area contributed by atoms with Crippen molar-refractivity contribution in [3.05, 3.63) is 64.5 Å². The van der Waals surface area contributed by atoms with Crippen LogP contribution in [0.25, 0.3) is 11.0 Å². The highest BCUT2D eigenvalue weighted by atomic mass is 16.5. The molecule has 0 radical (unpaired) electrons. The van der Waals surface area contributed by atoms with Crippen LogP contribution in [0.2, 0.25) is 0 Å². The maximum absolute atomic E-state index is 11.6. The molecule has 1 aromatic heterocycles. The van der Waals surface area contributed by atoms with E-state index in [0.717, 1.165) is 42.9 Å². The molecular formula is C24H28N2O5. The Morgan fingerprint density at radius 1 is 1.03 bits per heavy atom. The number of hydrogen-bond donors (Lipinski definition) is 1. The van der Waals surface area contributed by atoms with E-state index in [-0.39, 0.29) is 12.2 Å². The van der Waals surface area contributed by atoms with Gasteiger partial charge >= 0.3 is 5.63 Å². The third-order valence-electron chi connectivity index (χ3n) is 5.64. The fourth-order valence-electron chi connectivity index (χ4n) is 3.92. The van der Waals surface area contributed by atoms with Crippen LogP contribution in [0.5, 0.6) is 11.5 Å². The van der Waals surface area contributed by atoms with Crippen molar-refractivity contribution in [1.82, 2.24) is 4.90 Å². The Hall–Kier alpha value is -3.03. The number of rotatable bonds is 7. The average Bonchev–Trinajstić information content (AvgIpc) is 2.78. The molecule has 2 heterocycles. The summed E-state index contributed by atoms with van der Waals surface area (Å²) in [5.41, 5.74) is 2.16. The predicted molar refractivity (Wildman–Crippen MR) is 120 cm³/mol. The molecule has 0 aliphatic carbocycles. The van der Waals surface area contributed by atoms with E-state index in [1.165, 1.54) is 11.8 Å². The van der Waals surface area contributed by atoms with Gasteiger partial charge in [0.2, 0.25) is 0 Å². The van der Waals surface area contributed by atoms with Gasteiger partial charge in [-0.15, -0.1) is 0 Å². The monoisotopic (exact) mass is 424 g/mol. The summed E-state index contributed by atoms with van der Waals surface area (Å²) in [7, 11) is 1.67. The molecule has 164 valence electrons. The van der Waals surface area contributed by atoms with Crippen molar-refractivity contribution < 1.29 is 19.0 Å². The van der Waals surface area contributed by atoms with Gasteiger partial charge in [-0.3, -0.25) is 4.90 Å². The number of anilines is 1. The zero-order valence-electron chi connectivity index (χ0n) is 17.9. The lowest BCUT2D eigenvalue weighted by Crippen LogP contribution is -2.49. The standard InChI is InChI=1S/C24H28N2O5/c1-17-13-24(28)31-23-14-21(7-8-22(17)23)30-16-19(27)15-25-9-11-26(12-10-25)18-3-5-20(29-2)6-4-18/h3-8,13-14,19,27H,9-12,15-16H2,1-2H3. The maximum atomic E-state index is 11.6. The summed E-state index contributed by atoms with van der Waals surface area (Å²) in [4.78, 5) is 16.2. The molecule has 3 aromatic rings. The third-order valence-corrected chi connectivity index (χ3v) is 5.64. The van der Waals surface area contributed by atoms with Crippen molar-refractivity contribution in [2.24, 2.45) is 0 Å². The topological polar surface area (TPSA) is 75.4 Å². The van der Waals surface area contributed by atoms with Crippen LogP contribution in [0, 0.1) is 6.92 Å². The smallest absolute Gasteiger partial charge is 0.336 e. The quantitative estimate of drug-likeness (QED) is 0.585. The number of ether oxygens (including phenoxy) is 2. The number of aryl methyl sites for hydroxylation is 1. The molecule has 0 saturated carbocycles. The van der Waals surface area contributed by atoms with Crippen molar-refractivity contribution in [1.29, 1.82) is 0 Å². The molecule has 0 spiro atoms. The van der Waals surface area contributed by atoms with E-state index in [4.69, 9.17) is 13.9 Å².